The summed E-state index contributed by atoms with van der Waals surface area (Å²) in [4.78, 5) is 36.7. The highest BCUT2D eigenvalue weighted by Gasteiger charge is 2.30. The fourth-order valence-corrected chi connectivity index (χ4v) is 3.22. The van der Waals surface area contributed by atoms with Crippen LogP contribution in [0.5, 0.6) is 5.75 Å². The molecule has 1 heterocycles. The van der Waals surface area contributed by atoms with Crippen molar-refractivity contribution >= 4 is 22.8 Å². The minimum absolute atomic E-state index is 0.102. The van der Waals surface area contributed by atoms with Crippen molar-refractivity contribution in [3.8, 4) is 5.75 Å². The molecule has 0 unspecified atom stereocenters. The Balaban J connectivity index is 1.63. The Bertz CT molecular complexity index is 1240. The van der Waals surface area contributed by atoms with Gasteiger partial charge in [-0.2, -0.15) is 13.2 Å². The molecule has 0 aliphatic rings. The maximum atomic E-state index is 12.6. The first kappa shape index (κ1) is 24.8. The van der Waals surface area contributed by atoms with E-state index in [9.17, 15) is 32.7 Å². The van der Waals surface area contributed by atoms with Gasteiger partial charge in [-0.15, -0.1) is 0 Å². The van der Waals surface area contributed by atoms with Crippen LogP contribution in [0.15, 0.2) is 57.7 Å². The fourth-order valence-electron chi connectivity index (χ4n) is 3.22. The number of ether oxygens (including phenoxy) is 1. The van der Waals surface area contributed by atoms with E-state index in [1.54, 1.807) is 12.1 Å². The van der Waals surface area contributed by atoms with Gasteiger partial charge in [-0.25, -0.2) is 4.79 Å². The smallest absolute Gasteiger partial charge is 0.416 e. The topological polar surface area (TPSA) is 118 Å². The van der Waals surface area contributed by atoms with Crippen molar-refractivity contribution in [3.63, 3.8) is 0 Å². The first-order valence-corrected chi connectivity index (χ1v) is 10.1. The second-order valence-electron chi connectivity index (χ2n) is 7.34. The number of aliphatic hydroxyl groups is 1. The zero-order valence-corrected chi connectivity index (χ0v) is 17.9. The van der Waals surface area contributed by atoms with E-state index < -0.39 is 41.8 Å². The van der Waals surface area contributed by atoms with Crippen molar-refractivity contribution in [1.82, 2.24) is 10.6 Å². The molecule has 11 heteroatoms. The molecular formula is C23H21F3N2O6. The molecule has 2 aromatic carbocycles. The van der Waals surface area contributed by atoms with Crippen LogP contribution in [0.25, 0.3) is 11.0 Å². The number of aliphatic hydroxyl groups excluding tert-OH is 1. The lowest BCUT2D eigenvalue weighted by Gasteiger charge is -2.17. The maximum Gasteiger partial charge on any atom is 0.416 e. The highest BCUT2D eigenvalue weighted by molar-refractivity contribution is 5.91. The predicted octanol–water partition coefficient (Wildman–Crippen LogP) is 2.16. The van der Waals surface area contributed by atoms with E-state index in [-0.39, 0.29) is 18.5 Å². The Morgan fingerprint density at radius 2 is 1.82 bits per heavy atom. The molecule has 2 amide bonds. The van der Waals surface area contributed by atoms with Gasteiger partial charge >= 0.3 is 11.8 Å². The van der Waals surface area contributed by atoms with Crippen LogP contribution >= 0.6 is 0 Å². The molecule has 1 atom stereocenters. The van der Waals surface area contributed by atoms with Gasteiger partial charge in [0.2, 0.25) is 11.8 Å². The molecular weight excluding hydrogens is 457 g/mol. The first-order valence-electron chi connectivity index (χ1n) is 10.1. The number of benzene rings is 2. The molecule has 0 aliphatic carbocycles. The summed E-state index contributed by atoms with van der Waals surface area (Å²) in [6.45, 7) is -0.811. The minimum atomic E-state index is -4.47. The third-order valence-electron chi connectivity index (χ3n) is 4.97. The van der Waals surface area contributed by atoms with E-state index in [2.05, 4.69) is 10.6 Å². The number of hydrogen-bond acceptors (Lipinski definition) is 6. The number of halogens is 3. The largest absolute Gasteiger partial charge is 0.497 e. The Morgan fingerprint density at radius 1 is 1.12 bits per heavy atom. The van der Waals surface area contributed by atoms with E-state index in [0.717, 1.165) is 18.2 Å². The number of nitrogens with one attached hydrogen (secondary N) is 2. The zero-order valence-electron chi connectivity index (χ0n) is 17.9. The number of carbonyl (C=O) groups excluding carboxylic acids is 2. The summed E-state index contributed by atoms with van der Waals surface area (Å²) in [5.74, 6) is -0.897. The number of fused-ring (bicyclic) bond motifs is 1. The zero-order chi connectivity index (χ0) is 24.9. The second kappa shape index (κ2) is 10.4. The standard InChI is InChI=1S/C23H21F3N2O6/c1-33-16-6-7-17-14(9-21(31)34-19(17)10-16)8-20(30)28-18(12-29)22(32)27-11-13-2-4-15(5-3-13)23(24,25)26/h2-7,9-10,18,29H,8,11-12H2,1H3,(H,27,32)(H,28,30)/t18-/m0/s1. The number of hydrogen-bond donors (Lipinski definition) is 3. The van der Waals surface area contributed by atoms with Crippen LogP contribution in [0.3, 0.4) is 0 Å². The van der Waals surface area contributed by atoms with Crippen molar-refractivity contribution < 1.29 is 37.0 Å². The summed E-state index contributed by atoms with van der Waals surface area (Å²) in [6.07, 6.45) is -4.73. The monoisotopic (exact) mass is 478 g/mol. The molecule has 3 N–H and O–H groups in total. The van der Waals surface area contributed by atoms with Crippen molar-refractivity contribution in [2.45, 2.75) is 25.2 Å². The Morgan fingerprint density at radius 3 is 2.44 bits per heavy atom. The summed E-state index contributed by atoms with van der Waals surface area (Å²) in [5, 5.41) is 14.9. The number of rotatable bonds is 8. The van der Waals surface area contributed by atoms with Crippen LogP contribution in [0.1, 0.15) is 16.7 Å². The molecule has 0 radical (unpaired) electrons. The average Bonchev–Trinajstić information content (AvgIpc) is 2.80. The highest BCUT2D eigenvalue weighted by Crippen LogP contribution is 2.29. The summed E-state index contributed by atoms with van der Waals surface area (Å²) in [6, 6.07) is 8.85. The second-order valence-corrected chi connectivity index (χ2v) is 7.34. The van der Waals surface area contributed by atoms with Gasteiger partial charge in [0.1, 0.15) is 17.4 Å². The molecule has 0 saturated carbocycles. The third-order valence-corrected chi connectivity index (χ3v) is 4.97. The Hall–Kier alpha value is -3.86. The van der Waals surface area contributed by atoms with Gasteiger partial charge in [0, 0.05) is 24.1 Å². The van der Waals surface area contributed by atoms with Gasteiger partial charge in [0.15, 0.2) is 0 Å². The maximum absolute atomic E-state index is 12.6. The number of amides is 2. The quantitative estimate of drug-likeness (QED) is 0.427. The molecule has 180 valence electrons. The molecule has 0 fully saturated rings. The van der Waals surface area contributed by atoms with Crippen LogP contribution in [-0.4, -0.2) is 36.7 Å². The van der Waals surface area contributed by atoms with Crippen molar-refractivity contribution in [1.29, 1.82) is 0 Å². The van der Waals surface area contributed by atoms with Crippen LogP contribution in [0.2, 0.25) is 0 Å². The Labute approximate surface area is 191 Å². The third kappa shape index (κ3) is 6.13. The molecule has 1 aromatic heterocycles. The molecule has 3 rings (SSSR count). The Kier molecular flexibility index (Phi) is 7.57. The van der Waals surface area contributed by atoms with E-state index in [1.165, 1.54) is 25.3 Å². The van der Waals surface area contributed by atoms with Gasteiger partial charge < -0.3 is 24.9 Å². The molecule has 3 aromatic rings. The highest BCUT2D eigenvalue weighted by atomic mass is 19.4. The molecule has 34 heavy (non-hydrogen) atoms. The van der Waals surface area contributed by atoms with E-state index in [1.807, 2.05) is 0 Å². The van der Waals surface area contributed by atoms with Crippen molar-refractivity contribution in [2.75, 3.05) is 13.7 Å². The predicted molar refractivity (Wildman–Crippen MR) is 115 cm³/mol. The summed E-state index contributed by atoms with van der Waals surface area (Å²) < 4.78 is 48.1. The SMILES string of the molecule is COc1ccc2c(CC(=O)N[C@@H](CO)C(=O)NCc3ccc(C(F)(F)F)cc3)cc(=O)oc2c1. The summed E-state index contributed by atoms with van der Waals surface area (Å²) in [5.41, 5.74) is -0.501. The molecule has 0 aliphatic heterocycles. The molecule has 0 saturated heterocycles. The lowest BCUT2D eigenvalue weighted by Crippen LogP contribution is -2.49. The summed E-state index contributed by atoms with van der Waals surface area (Å²) in [7, 11) is 1.45. The fraction of sp³-hybridized carbons (Fsp3) is 0.261. The number of methoxy groups -OCH3 is 1. The first-order chi connectivity index (χ1) is 16.1. The van der Waals surface area contributed by atoms with Crippen molar-refractivity contribution in [2.24, 2.45) is 0 Å². The van der Waals surface area contributed by atoms with Gasteiger partial charge in [0.05, 0.1) is 25.7 Å². The summed E-state index contributed by atoms with van der Waals surface area (Å²) >= 11 is 0. The number of carbonyl (C=O) groups is 2. The number of alkyl halides is 3. The van der Waals surface area contributed by atoms with Crippen LogP contribution in [0.4, 0.5) is 13.2 Å². The van der Waals surface area contributed by atoms with Gasteiger partial charge in [-0.1, -0.05) is 12.1 Å². The van der Waals surface area contributed by atoms with E-state index in [0.29, 0.717) is 22.3 Å². The van der Waals surface area contributed by atoms with Gasteiger partial charge in [0.25, 0.3) is 0 Å². The molecule has 0 bridgehead atoms. The molecule has 8 nitrogen and oxygen atoms in total. The lowest BCUT2D eigenvalue weighted by molar-refractivity contribution is -0.137. The van der Waals surface area contributed by atoms with E-state index in [4.69, 9.17) is 9.15 Å². The van der Waals surface area contributed by atoms with E-state index >= 15 is 0 Å². The van der Waals surface area contributed by atoms with Crippen LogP contribution in [0, 0.1) is 0 Å². The lowest BCUT2D eigenvalue weighted by atomic mass is 10.1. The molecule has 0 spiro atoms. The van der Waals surface area contributed by atoms with Crippen LogP contribution in [-0.2, 0) is 28.7 Å². The average molecular weight is 478 g/mol. The van der Waals surface area contributed by atoms with Crippen LogP contribution < -0.4 is 21.0 Å². The van der Waals surface area contributed by atoms with Gasteiger partial charge in [-0.3, -0.25) is 9.59 Å². The van der Waals surface area contributed by atoms with Crippen molar-refractivity contribution in [3.05, 3.63) is 75.6 Å². The van der Waals surface area contributed by atoms with Gasteiger partial charge in [-0.05, 0) is 35.4 Å². The minimum Gasteiger partial charge on any atom is -0.497 e. The normalized spacial score (nSPS) is 12.3.